The molecular weight excluding hydrogens is 256 g/mol. The number of hydrogen-bond donors (Lipinski definition) is 4. The molecule has 0 spiro atoms. The molecule has 0 fully saturated rings. The van der Waals surface area contributed by atoms with Gasteiger partial charge in [-0.2, -0.15) is 0 Å². The molecule has 0 aromatic rings. The molecule has 0 saturated carbocycles. The van der Waals surface area contributed by atoms with Crippen LogP contribution in [0.4, 0.5) is 0 Å². The third-order valence-electron chi connectivity index (χ3n) is 2.37. The van der Waals surface area contributed by atoms with Gasteiger partial charge >= 0.3 is 17.9 Å². The van der Waals surface area contributed by atoms with Crippen LogP contribution in [0.2, 0.25) is 0 Å². The van der Waals surface area contributed by atoms with Crippen LogP contribution >= 0.6 is 0 Å². The molecule has 0 aromatic carbocycles. The van der Waals surface area contributed by atoms with Gasteiger partial charge in [-0.1, -0.05) is 0 Å². The van der Waals surface area contributed by atoms with Gasteiger partial charge in [-0.25, -0.2) is 4.79 Å². The minimum atomic E-state index is -1.18. The summed E-state index contributed by atoms with van der Waals surface area (Å²) in [7, 11) is 0. The van der Waals surface area contributed by atoms with E-state index < -0.39 is 30.0 Å². The fourth-order valence-corrected chi connectivity index (χ4v) is 1.28. The van der Waals surface area contributed by atoms with Crippen molar-refractivity contribution in [3.63, 3.8) is 0 Å². The van der Waals surface area contributed by atoms with Crippen molar-refractivity contribution < 1.29 is 29.7 Å². The van der Waals surface area contributed by atoms with Gasteiger partial charge in [-0.3, -0.25) is 14.6 Å². The van der Waals surface area contributed by atoms with Crippen LogP contribution in [0.3, 0.4) is 0 Å². The van der Waals surface area contributed by atoms with E-state index in [-0.39, 0.29) is 19.3 Å². The summed E-state index contributed by atoms with van der Waals surface area (Å²) in [5.74, 6) is -3.34. The molecule has 2 atom stereocenters. The maximum atomic E-state index is 10.8. The average Bonchev–Trinajstić information content (AvgIpc) is 2.31. The molecule has 0 rings (SSSR count). The second kappa shape index (κ2) is 9.03. The Labute approximate surface area is 109 Å². The van der Waals surface area contributed by atoms with E-state index in [1.54, 1.807) is 0 Å². The first-order valence-electron chi connectivity index (χ1n) is 5.79. The van der Waals surface area contributed by atoms with Crippen LogP contribution in [0.15, 0.2) is 4.99 Å². The normalized spacial score (nSPS) is 14.2. The van der Waals surface area contributed by atoms with Crippen molar-refractivity contribution >= 4 is 24.1 Å². The fraction of sp³-hybridized carbons (Fsp3) is 0.636. The number of carbonyl (C=O) groups is 3. The lowest BCUT2D eigenvalue weighted by Gasteiger charge is -2.06. The predicted octanol–water partition coefficient (Wildman–Crippen LogP) is -0.0426. The van der Waals surface area contributed by atoms with Crippen LogP contribution in [0.1, 0.15) is 32.1 Å². The van der Waals surface area contributed by atoms with Gasteiger partial charge in [-0.05, 0) is 31.9 Å². The molecule has 1 unspecified atom stereocenters. The third-order valence-corrected chi connectivity index (χ3v) is 2.37. The van der Waals surface area contributed by atoms with Crippen LogP contribution in [0.25, 0.3) is 0 Å². The largest absolute Gasteiger partial charge is 0.481 e. The number of hydrogen-bond acceptors (Lipinski definition) is 5. The lowest BCUT2D eigenvalue weighted by atomic mass is 10.1. The van der Waals surface area contributed by atoms with Gasteiger partial charge in [-0.15, -0.1) is 0 Å². The first-order chi connectivity index (χ1) is 8.84. The molecule has 0 radical (unpaired) electrons. The Hall–Kier alpha value is -1.96. The summed E-state index contributed by atoms with van der Waals surface area (Å²) in [5.41, 5.74) is 5.28. The topological polar surface area (TPSA) is 150 Å². The summed E-state index contributed by atoms with van der Waals surface area (Å²) < 4.78 is 0. The van der Waals surface area contributed by atoms with Crippen molar-refractivity contribution in [1.82, 2.24) is 0 Å². The van der Waals surface area contributed by atoms with Crippen LogP contribution in [-0.2, 0) is 14.4 Å². The summed E-state index contributed by atoms with van der Waals surface area (Å²) in [4.78, 5) is 35.3. The smallest absolute Gasteiger partial charge is 0.328 e. The molecule has 8 heteroatoms. The monoisotopic (exact) mass is 274 g/mol. The quantitative estimate of drug-likeness (QED) is 0.322. The number of nitrogens with two attached hydrogens (primary N) is 1. The van der Waals surface area contributed by atoms with Gasteiger partial charge in [0.25, 0.3) is 0 Å². The van der Waals surface area contributed by atoms with Gasteiger partial charge in [0, 0.05) is 6.42 Å². The van der Waals surface area contributed by atoms with Gasteiger partial charge in [0.2, 0.25) is 0 Å². The highest BCUT2D eigenvalue weighted by Gasteiger charge is 2.16. The van der Waals surface area contributed by atoms with E-state index in [9.17, 15) is 14.4 Å². The van der Waals surface area contributed by atoms with Crippen molar-refractivity contribution in [2.75, 3.05) is 0 Å². The lowest BCUT2D eigenvalue weighted by molar-refractivity contribution is -0.140. The van der Waals surface area contributed by atoms with E-state index >= 15 is 0 Å². The highest BCUT2D eigenvalue weighted by atomic mass is 16.4. The van der Waals surface area contributed by atoms with Gasteiger partial charge in [0.05, 0.1) is 0 Å². The van der Waals surface area contributed by atoms with Gasteiger partial charge < -0.3 is 21.1 Å². The summed E-state index contributed by atoms with van der Waals surface area (Å²) in [6.45, 7) is 0. The minimum Gasteiger partial charge on any atom is -0.481 e. The third kappa shape index (κ3) is 8.72. The zero-order valence-electron chi connectivity index (χ0n) is 10.4. The summed E-state index contributed by atoms with van der Waals surface area (Å²) >= 11 is 0. The van der Waals surface area contributed by atoms with E-state index in [2.05, 4.69) is 4.99 Å². The van der Waals surface area contributed by atoms with Crippen LogP contribution in [-0.4, -0.2) is 51.5 Å². The first kappa shape index (κ1) is 17.0. The molecule has 0 aliphatic carbocycles. The SMILES string of the molecule is N[C@@H](CCCC=NC(CCC(=O)O)C(=O)O)C(=O)O. The standard InChI is InChI=1S/C11H18N2O6/c12-7(10(16)17)3-1-2-6-13-8(11(18)19)4-5-9(14)15/h6-8H,1-5,12H2,(H,14,15)(H,16,17)(H,18,19)/t7-,8?/m0/s1. The fourth-order valence-electron chi connectivity index (χ4n) is 1.28. The maximum absolute atomic E-state index is 10.8. The summed E-state index contributed by atoms with van der Waals surface area (Å²) in [5, 5.41) is 25.8. The Morgan fingerprint density at radius 2 is 1.74 bits per heavy atom. The van der Waals surface area contributed by atoms with E-state index in [0.29, 0.717) is 12.8 Å². The van der Waals surface area contributed by atoms with E-state index in [4.69, 9.17) is 21.1 Å². The Bertz CT molecular complexity index is 355. The molecule has 0 aliphatic rings. The van der Waals surface area contributed by atoms with Crippen LogP contribution < -0.4 is 5.73 Å². The minimum absolute atomic E-state index is 0.0736. The first-order valence-corrected chi connectivity index (χ1v) is 5.79. The molecule has 19 heavy (non-hydrogen) atoms. The van der Waals surface area contributed by atoms with Crippen molar-refractivity contribution in [1.29, 1.82) is 0 Å². The van der Waals surface area contributed by atoms with E-state index in [0.717, 1.165) is 0 Å². The molecule has 0 saturated heterocycles. The van der Waals surface area contributed by atoms with Crippen molar-refractivity contribution in [3.8, 4) is 0 Å². The number of unbranched alkanes of at least 4 members (excludes halogenated alkanes) is 1. The van der Waals surface area contributed by atoms with E-state index in [1.165, 1.54) is 6.21 Å². The predicted molar refractivity (Wildman–Crippen MR) is 66.2 cm³/mol. The molecule has 108 valence electrons. The van der Waals surface area contributed by atoms with Crippen molar-refractivity contribution in [3.05, 3.63) is 0 Å². The molecule has 8 nitrogen and oxygen atoms in total. The summed E-state index contributed by atoms with van der Waals surface area (Å²) in [6.07, 6.45) is 2.18. The number of aliphatic imine (C=N–C) groups is 1. The molecular formula is C11H18N2O6. The average molecular weight is 274 g/mol. The zero-order chi connectivity index (χ0) is 14.8. The second-order valence-corrected chi connectivity index (χ2v) is 3.99. The van der Waals surface area contributed by atoms with Crippen LogP contribution in [0, 0.1) is 0 Å². The number of carboxylic acids is 3. The Morgan fingerprint density at radius 1 is 1.11 bits per heavy atom. The van der Waals surface area contributed by atoms with Gasteiger partial charge in [0.1, 0.15) is 12.1 Å². The lowest BCUT2D eigenvalue weighted by Crippen LogP contribution is -2.29. The maximum Gasteiger partial charge on any atom is 0.328 e. The molecule has 5 N–H and O–H groups in total. The highest BCUT2D eigenvalue weighted by molar-refractivity contribution is 5.77. The molecule has 0 aliphatic heterocycles. The molecule has 0 aromatic heterocycles. The number of nitrogens with zero attached hydrogens (tertiary/aromatic N) is 1. The number of carboxylic acid groups (broad SMARTS) is 3. The Morgan fingerprint density at radius 3 is 2.21 bits per heavy atom. The molecule has 0 amide bonds. The number of aliphatic carboxylic acids is 3. The van der Waals surface area contributed by atoms with Crippen molar-refractivity contribution in [2.24, 2.45) is 10.7 Å². The number of rotatable bonds is 10. The van der Waals surface area contributed by atoms with Crippen molar-refractivity contribution in [2.45, 2.75) is 44.2 Å². The molecule has 0 heterocycles. The Kier molecular flexibility index (Phi) is 8.10. The molecule has 0 bridgehead atoms. The Balaban J connectivity index is 4.01. The van der Waals surface area contributed by atoms with E-state index in [1.807, 2.05) is 0 Å². The van der Waals surface area contributed by atoms with Crippen LogP contribution in [0.5, 0.6) is 0 Å². The second-order valence-electron chi connectivity index (χ2n) is 3.99. The summed E-state index contributed by atoms with van der Waals surface area (Å²) in [6, 6.07) is -2.01. The highest BCUT2D eigenvalue weighted by Crippen LogP contribution is 2.04. The van der Waals surface area contributed by atoms with Gasteiger partial charge in [0.15, 0.2) is 0 Å². The zero-order valence-corrected chi connectivity index (χ0v) is 10.4.